The number of hydrogen-bond acceptors (Lipinski definition) is 6. The van der Waals surface area contributed by atoms with Gasteiger partial charge in [0.25, 0.3) is 5.56 Å². The second-order valence-electron chi connectivity index (χ2n) is 6.63. The Bertz CT molecular complexity index is 787. The molecule has 0 atom stereocenters. The zero-order chi connectivity index (χ0) is 16.5. The molecule has 3 heterocycles. The molecule has 2 fully saturated rings. The van der Waals surface area contributed by atoms with Gasteiger partial charge in [0.2, 0.25) is 5.91 Å². The molecule has 0 spiro atoms. The molecule has 128 valence electrons. The lowest BCUT2D eigenvalue weighted by molar-refractivity contribution is -0.126. The molecule has 2 aromatic rings. The van der Waals surface area contributed by atoms with Gasteiger partial charge in [0, 0.05) is 25.0 Å². The fourth-order valence-electron chi connectivity index (χ4n) is 3.61. The number of aromatic nitrogens is 3. The minimum Gasteiger partial charge on any atom is -0.353 e. The molecule has 2 aliphatic rings. The first-order valence-electron chi connectivity index (χ1n) is 8.60. The van der Waals surface area contributed by atoms with Crippen molar-refractivity contribution < 1.29 is 4.79 Å². The molecule has 4 rings (SSSR count). The second-order valence-corrected chi connectivity index (χ2v) is 7.61. The topological polar surface area (TPSA) is 91.0 Å². The Morgan fingerprint density at radius 1 is 1.25 bits per heavy atom. The van der Waals surface area contributed by atoms with Gasteiger partial charge in [-0.25, -0.2) is 4.98 Å². The lowest BCUT2D eigenvalue weighted by Gasteiger charge is -2.31. The number of rotatable bonds is 3. The molecule has 2 aromatic heterocycles. The number of thiazole rings is 1. The monoisotopic (exact) mass is 347 g/mol. The first-order chi connectivity index (χ1) is 11.7. The first kappa shape index (κ1) is 15.6. The number of nitrogens with zero attached hydrogens (tertiary/aromatic N) is 3. The van der Waals surface area contributed by atoms with Crippen LogP contribution in [0.5, 0.6) is 0 Å². The molecule has 1 aliphatic carbocycles. The van der Waals surface area contributed by atoms with E-state index in [0.29, 0.717) is 16.4 Å². The molecule has 0 bridgehead atoms. The number of hydrogen-bond donors (Lipinski definition) is 2. The molecule has 1 saturated carbocycles. The van der Waals surface area contributed by atoms with Crippen molar-refractivity contribution in [3.05, 3.63) is 16.7 Å². The van der Waals surface area contributed by atoms with E-state index in [2.05, 4.69) is 25.2 Å². The number of aromatic amines is 1. The highest BCUT2D eigenvalue weighted by atomic mass is 32.1. The summed E-state index contributed by atoms with van der Waals surface area (Å²) in [5.74, 6) is 0.307. The van der Waals surface area contributed by atoms with Gasteiger partial charge in [-0.05, 0) is 25.7 Å². The van der Waals surface area contributed by atoms with E-state index in [0.717, 1.165) is 43.9 Å². The molecule has 1 saturated heterocycles. The van der Waals surface area contributed by atoms with E-state index in [9.17, 15) is 9.59 Å². The van der Waals surface area contributed by atoms with Gasteiger partial charge in [0.05, 0.1) is 6.33 Å². The number of H-pyrrole nitrogens is 1. The summed E-state index contributed by atoms with van der Waals surface area (Å²) in [5, 5.41) is 4.03. The van der Waals surface area contributed by atoms with Crippen LogP contribution in [0.15, 0.2) is 11.1 Å². The Morgan fingerprint density at radius 3 is 2.71 bits per heavy atom. The predicted molar refractivity (Wildman–Crippen MR) is 93.4 cm³/mol. The minimum atomic E-state index is -0.144. The van der Waals surface area contributed by atoms with Crippen LogP contribution in [0.25, 0.3) is 10.3 Å². The van der Waals surface area contributed by atoms with Gasteiger partial charge in [-0.2, -0.15) is 4.98 Å². The Kier molecular flexibility index (Phi) is 4.22. The summed E-state index contributed by atoms with van der Waals surface area (Å²) in [6.45, 7) is 1.58. The van der Waals surface area contributed by atoms with E-state index >= 15 is 0 Å². The van der Waals surface area contributed by atoms with Crippen LogP contribution >= 0.6 is 11.3 Å². The van der Waals surface area contributed by atoms with Crippen LogP contribution in [0.1, 0.15) is 38.5 Å². The number of amides is 1. The van der Waals surface area contributed by atoms with Crippen molar-refractivity contribution in [1.29, 1.82) is 0 Å². The summed E-state index contributed by atoms with van der Waals surface area (Å²) in [4.78, 5) is 37.5. The van der Waals surface area contributed by atoms with Crippen molar-refractivity contribution in [2.45, 2.75) is 44.6 Å². The lowest BCUT2D eigenvalue weighted by Crippen LogP contribution is -2.43. The molecule has 24 heavy (non-hydrogen) atoms. The minimum absolute atomic E-state index is 0.0951. The summed E-state index contributed by atoms with van der Waals surface area (Å²) < 4.78 is 0.564. The molecular weight excluding hydrogens is 326 g/mol. The molecule has 1 aliphatic heterocycles. The summed E-state index contributed by atoms with van der Waals surface area (Å²) in [5.41, 5.74) is 0.356. The van der Waals surface area contributed by atoms with Crippen molar-refractivity contribution in [3.63, 3.8) is 0 Å². The highest BCUT2D eigenvalue weighted by molar-refractivity contribution is 7.22. The molecule has 0 unspecified atom stereocenters. The number of nitrogens with one attached hydrogen (secondary N) is 2. The van der Waals surface area contributed by atoms with E-state index in [1.807, 2.05) is 0 Å². The molecule has 8 heteroatoms. The third-order valence-corrected chi connectivity index (χ3v) is 6.13. The third kappa shape index (κ3) is 3.02. The Labute approximate surface area is 143 Å². The quantitative estimate of drug-likeness (QED) is 0.881. The second kappa shape index (κ2) is 6.51. The van der Waals surface area contributed by atoms with Crippen LogP contribution < -0.4 is 15.8 Å². The van der Waals surface area contributed by atoms with Gasteiger partial charge in [-0.1, -0.05) is 24.2 Å². The van der Waals surface area contributed by atoms with Gasteiger partial charge in [0.15, 0.2) is 10.8 Å². The van der Waals surface area contributed by atoms with Crippen molar-refractivity contribution >= 4 is 32.7 Å². The van der Waals surface area contributed by atoms with Crippen LogP contribution in [0.3, 0.4) is 0 Å². The fraction of sp³-hybridized carbons (Fsp3) is 0.625. The average molecular weight is 347 g/mol. The molecule has 0 aromatic carbocycles. The standard InChI is InChI=1S/C16H21N5O2S/c22-14(19-11-3-1-2-4-11)10-5-7-21(8-6-10)16-20-13-12(24-16)15(23)18-9-17-13/h9-11H,1-8H2,(H,19,22)(H,17,18,23). The van der Waals surface area contributed by atoms with Gasteiger partial charge in [0.1, 0.15) is 4.70 Å². The van der Waals surface area contributed by atoms with Gasteiger partial charge in [-0.3, -0.25) is 9.59 Å². The zero-order valence-corrected chi connectivity index (χ0v) is 14.3. The third-order valence-electron chi connectivity index (χ3n) is 5.02. The Balaban J connectivity index is 1.39. The van der Waals surface area contributed by atoms with Gasteiger partial charge in [-0.15, -0.1) is 0 Å². The van der Waals surface area contributed by atoms with Crippen molar-refractivity contribution in [2.75, 3.05) is 18.0 Å². The summed E-state index contributed by atoms with van der Waals surface area (Å²) >= 11 is 1.37. The molecule has 1 amide bonds. The number of carbonyl (C=O) groups is 1. The van der Waals surface area contributed by atoms with Crippen molar-refractivity contribution in [3.8, 4) is 0 Å². The summed E-state index contributed by atoms with van der Waals surface area (Å²) in [6, 6.07) is 0.387. The highest BCUT2D eigenvalue weighted by Gasteiger charge is 2.28. The molecule has 0 radical (unpaired) electrons. The maximum Gasteiger partial charge on any atom is 0.270 e. The predicted octanol–water partition coefficient (Wildman–Crippen LogP) is 1.65. The highest BCUT2D eigenvalue weighted by Crippen LogP contribution is 2.29. The maximum atomic E-state index is 12.4. The fourth-order valence-corrected chi connectivity index (χ4v) is 4.58. The number of piperidine rings is 1. The number of carbonyl (C=O) groups excluding carboxylic acids is 1. The normalized spacial score (nSPS) is 19.9. The van der Waals surface area contributed by atoms with Crippen molar-refractivity contribution in [2.24, 2.45) is 5.92 Å². The largest absolute Gasteiger partial charge is 0.353 e. The van der Waals surface area contributed by atoms with Crippen LogP contribution in [-0.2, 0) is 4.79 Å². The Morgan fingerprint density at radius 2 is 2.00 bits per heavy atom. The van der Waals surface area contributed by atoms with Crippen LogP contribution in [0, 0.1) is 5.92 Å². The van der Waals surface area contributed by atoms with E-state index in [1.54, 1.807) is 0 Å². The molecule has 7 nitrogen and oxygen atoms in total. The average Bonchev–Trinajstić information content (AvgIpc) is 3.25. The smallest absolute Gasteiger partial charge is 0.270 e. The van der Waals surface area contributed by atoms with Crippen LogP contribution in [-0.4, -0.2) is 40.0 Å². The summed E-state index contributed by atoms with van der Waals surface area (Å²) in [7, 11) is 0. The number of fused-ring (bicyclic) bond motifs is 1. The maximum absolute atomic E-state index is 12.4. The lowest BCUT2D eigenvalue weighted by atomic mass is 9.96. The van der Waals surface area contributed by atoms with Gasteiger partial charge < -0.3 is 15.2 Å². The Hall–Kier alpha value is -1.96. The van der Waals surface area contributed by atoms with Crippen LogP contribution in [0.2, 0.25) is 0 Å². The van der Waals surface area contributed by atoms with E-state index in [1.165, 1.54) is 30.5 Å². The van der Waals surface area contributed by atoms with Crippen molar-refractivity contribution in [1.82, 2.24) is 20.3 Å². The van der Waals surface area contributed by atoms with Gasteiger partial charge >= 0.3 is 0 Å². The summed E-state index contributed by atoms with van der Waals surface area (Å²) in [6.07, 6.45) is 7.75. The zero-order valence-electron chi connectivity index (χ0n) is 13.5. The van der Waals surface area contributed by atoms with E-state index in [4.69, 9.17) is 0 Å². The first-order valence-corrected chi connectivity index (χ1v) is 9.42. The SMILES string of the molecule is O=C(NC1CCCC1)C1CCN(c2nc3nc[nH]c(=O)c3s2)CC1. The molecule has 2 N–H and O–H groups in total. The van der Waals surface area contributed by atoms with E-state index in [-0.39, 0.29) is 17.4 Å². The number of anilines is 1. The van der Waals surface area contributed by atoms with Crippen LogP contribution in [0.4, 0.5) is 5.13 Å². The molecular formula is C16H21N5O2S. The van der Waals surface area contributed by atoms with E-state index < -0.39 is 0 Å².